The lowest BCUT2D eigenvalue weighted by molar-refractivity contribution is 0.0572. The van der Waals surface area contributed by atoms with E-state index in [1.807, 2.05) is 19.9 Å². The third kappa shape index (κ3) is 3.85. The summed E-state index contributed by atoms with van der Waals surface area (Å²) in [4.78, 5) is 0.925. The van der Waals surface area contributed by atoms with Gasteiger partial charge in [0.1, 0.15) is 0 Å². The zero-order valence-electron chi connectivity index (χ0n) is 9.46. The summed E-state index contributed by atoms with van der Waals surface area (Å²) in [6, 6.07) is 5.38. The third-order valence-electron chi connectivity index (χ3n) is 2.71. The molecule has 0 heterocycles. The van der Waals surface area contributed by atoms with E-state index in [1.165, 1.54) is 0 Å². The van der Waals surface area contributed by atoms with Crippen LogP contribution in [0.1, 0.15) is 26.7 Å². The second kappa shape index (κ2) is 6.15. The second-order valence-electron chi connectivity index (χ2n) is 3.79. The fourth-order valence-corrected chi connectivity index (χ4v) is 3.02. The highest BCUT2D eigenvalue weighted by molar-refractivity contribution is 7.99. The molecule has 0 aromatic heterocycles. The summed E-state index contributed by atoms with van der Waals surface area (Å²) in [5.41, 5.74) is -0.615. The summed E-state index contributed by atoms with van der Waals surface area (Å²) in [7, 11) is 0. The van der Waals surface area contributed by atoms with Crippen molar-refractivity contribution in [2.45, 2.75) is 37.2 Å². The predicted molar refractivity (Wildman–Crippen MR) is 72.7 cm³/mol. The number of hydrogen-bond acceptors (Lipinski definition) is 2. The summed E-state index contributed by atoms with van der Waals surface area (Å²) < 4.78 is 0. The highest BCUT2D eigenvalue weighted by atomic mass is 35.5. The zero-order chi connectivity index (χ0) is 12.2. The molecule has 0 amide bonds. The number of rotatable bonds is 5. The fourth-order valence-electron chi connectivity index (χ4n) is 1.25. The molecule has 0 fully saturated rings. The van der Waals surface area contributed by atoms with Gasteiger partial charge in [0, 0.05) is 15.7 Å². The van der Waals surface area contributed by atoms with Crippen LogP contribution in [0, 0.1) is 0 Å². The Labute approximate surface area is 111 Å². The maximum Gasteiger partial charge on any atom is 0.0736 e. The van der Waals surface area contributed by atoms with E-state index in [0.717, 1.165) is 17.7 Å². The summed E-state index contributed by atoms with van der Waals surface area (Å²) in [6.07, 6.45) is 1.49. The summed E-state index contributed by atoms with van der Waals surface area (Å²) in [5.74, 6) is 0.639. The minimum Gasteiger partial charge on any atom is -0.389 e. The molecule has 16 heavy (non-hydrogen) atoms. The van der Waals surface area contributed by atoms with Crippen LogP contribution in [-0.2, 0) is 0 Å². The number of benzene rings is 1. The average molecular weight is 279 g/mol. The van der Waals surface area contributed by atoms with Crippen LogP contribution >= 0.6 is 35.0 Å². The molecule has 0 spiro atoms. The Morgan fingerprint density at radius 2 is 1.88 bits per heavy atom. The van der Waals surface area contributed by atoms with Crippen molar-refractivity contribution < 1.29 is 5.11 Å². The Kier molecular flexibility index (Phi) is 5.45. The largest absolute Gasteiger partial charge is 0.389 e. The van der Waals surface area contributed by atoms with Crippen LogP contribution in [-0.4, -0.2) is 16.5 Å². The lowest BCUT2D eigenvalue weighted by atomic mass is 10.0. The molecule has 0 radical (unpaired) electrons. The Hall–Kier alpha value is 0.110. The molecule has 90 valence electrons. The van der Waals surface area contributed by atoms with Crippen LogP contribution in [0.2, 0.25) is 10.0 Å². The van der Waals surface area contributed by atoms with Gasteiger partial charge in [0.05, 0.1) is 10.6 Å². The molecular weight excluding hydrogens is 263 g/mol. The van der Waals surface area contributed by atoms with Crippen molar-refractivity contribution in [1.82, 2.24) is 0 Å². The van der Waals surface area contributed by atoms with E-state index >= 15 is 0 Å². The van der Waals surface area contributed by atoms with Gasteiger partial charge in [-0.1, -0.05) is 37.0 Å². The normalized spacial score (nSPS) is 11.8. The van der Waals surface area contributed by atoms with Crippen LogP contribution in [0.3, 0.4) is 0 Å². The van der Waals surface area contributed by atoms with Crippen LogP contribution < -0.4 is 0 Å². The minimum absolute atomic E-state index is 0.615. The topological polar surface area (TPSA) is 20.2 Å². The van der Waals surface area contributed by atoms with Gasteiger partial charge in [0.25, 0.3) is 0 Å². The van der Waals surface area contributed by atoms with Gasteiger partial charge >= 0.3 is 0 Å². The Morgan fingerprint density at radius 1 is 1.25 bits per heavy atom. The van der Waals surface area contributed by atoms with E-state index in [4.69, 9.17) is 23.2 Å². The Balaban J connectivity index is 2.70. The van der Waals surface area contributed by atoms with Crippen molar-refractivity contribution in [3.63, 3.8) is 0 Å². The van der Waals surface area contributed by atoms with Crippen LogP contribution in [0.25, 0.3) is 0 Å². The van der Waals surface area contributed by atoms with Crippen molar-refractivity contribution >= 4 is 35.0 Å². The number of hydrogen-bond donors (Lipinski definition) is 1. The van der Waals surface area contributed by atoms with E-state index in [9.17, 15) is 5.11 Å². The van der Waals surface area contributed by atoms with E-state index in [1.54, 1.807) is 23.9 Å². The molecule has 1 nitrogen and oxygen atoms in total. The average Bonchev–Trinajstić information content (AvgIpc) is 2.30. The van der Waals surface area contributed by atoms with Crippen molar-refractivity contribution in [2.75, 3.05) is 5.75 Å². The predicted octanol–water partition coefficient (Wildman–Crippen LogP) is 4.64. The number of aliphatic hydroxyl groups is 1. The van der Waals surface area contributed by atoms with Gasteiger partial charge in [-0.3, -0.25) is 0 Å². The zero-order valence-corrected chi connectivity index (χ0v) is 11.8. The van der Waals surface area contributed by atoms with Crippen molar-refractivity contribution in [3.05, 3.63) is 28.2 Å². The first kappa shape index (κ1) is 14.2. The molecule has 0 unspecified atom stereocenters. The summed E-state index contributed by atoms with van der Waals surface area (Å²) >= 11 is 13.5. The molecule has 0 atom stereocenters. The maximum absolute atomic E-state index is 10.2. The summed E-state index contributed by atoms with van der Waals surface area (Å²) in [5, 5.41) is 11.5. The maximum atomic E-state index is 10.2. The second-order valence-corrected chi connectivity index (χ2v) is 5.66. The molecule has 0 saturated carbocycles. The van der Waals surface area contributed by atoms with Gasteiger partial charge < -0.3 is 5.11 Å². The molecule has 0 aliphatic rings. The molecule has 1 aromatic rings. The van der Waals surface area contributed by atoms with Gasteiger partial charge in [-0.25, -0.2) is 0 Å². The molecule has 1 N–H and O–H groups in total. The monoisotopic (exact) mass is 278 g/mol. The van der Waals surface area contributed by atoms with Gasteiger partial charge in [0.2, 0.25) is 0 Å². The minimum atomic E-state index is -0.615. The smallest absolute Gasteiger partial charge is 0.0736 e. The molecule has 1 aromatic carbocycles. The lowest BCUT2D eigenvalue weighted by Crippen LogP contribution is -2.29. The molecule has 0 aliphatic carbocycles. The van der Waals surface area contributed by atoms with Crippen molar-refractivity contribution in [1.29, 1.82) is 0 Å². The standard InChI is InChI=1S/C12H16Cl2OS/c1-3-12(15,4-2)8-16-11-7-9(13)5-6-10(11)14/h5-7,15H,3-4,8H2,1-2H3. The molecule has 4 heteroatoms. The van der Waals surface area contributed by atoms with Crippen LogP contribution in [0.15, 0.2) is 23.1 Å². The third-order valence-corrected chi connectivity index (χ3v) is 4.71. The van der Waals surface area contributed by atoms with Gasteiger partial charge in [0.15, 0.2) is 0 Å². The highest BCUT2D eigenvalue weighted by Gasteiger charge is 2.22. The van der Waals surface area contributed by atoms with Gasteiger partial charge in [-0.15, -0.1) is 11.8 Å². The van der Waals surface area contributed by atoms with Crippen LogP contribution in [0.5, 0.6) is 0 Å². The van der Waals surface area contributed by atoms with Gasteiger partial charge in [-0.05, 0) is 31.0 Å². The van der Waals surface area contributed by atoms with E-state index in [0.29, 0.717) is 15.8 Å². The van der Waals surface area contributed by atoms with Crippen molar-refractivity contribution in [3.8, 4) is 0 Å². The number of thioether (sulfide) groups is 1. The number of halogens is 2. The molecule has 0 aliphatic heterocycles. The molecular formula is C12H16Cl2OS. The SMILES string of the molecule is CCC(O)(CC)CSc1cc(Cl)ccc1Cl. The van der Waals surface area contributed by atoms with Crippen LogP contribution in [0.4, 0.5) is 0 Å². The van der Waals surface area contributed by atoms with Gasteiger partial charge in [-0.2, -0.15) is 0 Å². The molecule has 1 rings (SSSR count). The first-order valence-corrected chi connectivity index (χ1v) is 7.05. The van der Waals surface area contributed by atoms with E-state index in [-0.39, 0.29) is 0 Å². The first-order valence-electron chi connectivity index (χ1n) is 5.31. The Bertz CT molecular complexity index is 351. The van der Waals surface area contributed by atoms with Crippen molar-refractivity contribution in [2.24, 2.45) is 0 Å². The first-order chi connectivity index (χ1) is 7.50. The quantitative estimate of drug-likeness (QED) is 0.792. The lowest BCUT2D eigenvalue weighted by Gasteiger charge is -2.24. The molecule has 0 saturated heterocycles. The van der Waals surface area contributed by atoms with E-state index < -0.39 is 5.60 Å². The van der Waals surface area contributed by atoms with E-state index in [2.05, 4.69) is 0 Å². The molecule has 0 bridgehead atoms. The fraction of sp³-hybridized carbons (Fsp3) is 0.500. The summed E-state index contributed by atoms with van der Waals surface area (Å²) in [6.45, 7) is 3.98. The Morgan fingerprint density at radius 3 is 2.44 bits per heavy atom. The highest BCUT2D eigenvalue weighted by Crippen LogP contribution is 2.33.